The molecule has 0 aliphatic carbocycles. The topological polar surface area (TPSA) is 66.4 Å². The second-order valence-corrected chi connectivity index (χ2v) is 4.91. The van der Waals surface area contributed by atoms with Crippen LogP contribution < -0.4 is 5.32 Å². The highest BCUT2D eigenvalue weighted by Gasteiger charge is 2.10. The number of aromatic carboxylic acids is 1. The van der Waals surface area contributed by atoms with E-state index in [1.54, 1.807) is 30.3 Å². The Morgan fingerprint density at radius 2 is 1.81 bits per heavy atom. The first-order valence-electron chi connectivity index (χ1n) is 6.43. The lowest BCUT2D eigenvalue weighted by atomic mass is 10.0. The molecular weight excluding hydrogens is 290 g/mol. The fraction of sp³-hybridized carbons (Fsp3) is 0.125. The number of amides is 1. The summed E-state index contributed by atoms with van der Waals surface area (Å²) in [6, 6.07) is 11.6. The van der Waals surface area contributed by atoms with Crippen LogP contribution in [0.3, 0.4) is 0 Å². The fourth-order valence-electron chi connectivity index (χ4n) is 1.98. The van der Waals surface area contributed by atoms with E-state index in [4.69, 9.17) is 16.7 Å². The number of carbonyl (C=O) groups excluding carboxylic acids is 1. The van der Waals surface area contributed by atoms with Crippen molar-refractivity contribution in [1.82, 2.24) is 5.32 Å². The smallest absolute Gasteiger partial charge is 0.335 e. The van der Waals surface area contributed by atoms with Crippen LogP contribution in [0.5, 0.6) is 0 Å². The summed E-state index contributed by atoms with van der Waals surface area (Å²) in [5.41, 5.74) is 2.03. The van der Waals surface area contributed by atoms with Crippen LogP contribution in [0.4, 0.5) is 0 Å². The molecule has 0 radical (unpaired) electrons. The van der Waals surface area contributed by atoms with Gasteiger partial charge >= 0.3 is 5.97 Å². The first kappa shape index (κ1) is 15.1. The van der Waals surface area contributed by atoms with Crippen molar-refractivity contribution in [3.05, 3.63) is 58.6 Å². The lowest BCUT2D eigenvalue weighted by molar-refractivity contribution is 0.0696. The van der Waals surface area contributed by atoms with Crippen LogP contribution in [-0.2, 0) is 0 Å². The van der Waals surface area contributed by atoms with Crippen LogP contribution in [0.25, 0.3) is 11.1 Å². The van der Waals surface area contributed by atoms with E-state index in [1.807, 2.05) is 6.92 Å². The average molecular weight is 304 g/mol. The maximum Gasteiger partial charge on any atom is 0.335 e. The second-order valence-electron chi connectivity index (χ2n) is 4.47. The van der Waals surface area contributed by atoms with Gasteiger partial charge in [0.05, 0.1) is 5.56 Å². The molecule has 0 saturated carbocycles. The Morgan fingerprint density at radius 1 is 1.10 bits per heavy atom. The fourth-order valence-corrected chi connectivity index (χ4v) is 2.22. The average Bonchev–Trinajstić information content (AvgIpc) is 2.47. The molecule has 0 heterocycles. The Morgan fingerprint density at radius 3 is 2.48 bits per heavy atom. The van der Waals surface area contributed by atoms with Gasteiger partial charge in [0.2, 0.25) is 0 Å². The highest BCUT2D eigenvalue weighted by Crippen LogP contribution is 2.25. The largest absolute Gasteiger partial charge is 0.478 e. The third kappa shape index (κ3) is 3.61. The van der Waals surface area contributed by atoms with Crippen molar-refractivity contribution in [1.29, 1.82) is 0 Å². The SMILES string of the molecule is CCNC(=O)c1cccc(-c2cc(Cl)cc(C(=O)O)c2)c1. The Kier molecular flexibility index (Phi) is 4.60. The summed E-state index contributed by atoms with van der Waals surface area (Å²) in [7, 11) is 0. The minimum Gasteiger partial charge on any atom is -0.478 e. The number of carbonyl (C=O) groups is 2. The molecule has 0 aliphatic rings. The van der Waals surface area contributed by atoms with Crippen LogP contribution >= 0.6 is 11.6 Å². The molecule has 0 unspecified atom stereocenters. The minimum atomic E-state index is -1.04. The summed E-state index contributed by atoms with van der Waals surface area (Å²) in [6.45, 7) is 2.39. The zero-order chi connectivity index (χ0) is 15.4. The standard InChI is InChI=1S/C16H14ClNO3/c1-2-18-15(19)11-5-3-4-10(6-11)12-7-13(16(20)21)9-14(17)8-12/h3-9H,2H2,1H3,(H,18,19)(H,20,21). The van der Waals surface area contributed by atoms with E-state index in [1.165, 1.54) is 12.1 Å². The molecule has 0 aromatic heterocycles. The maximum atomic E-state index is 11.8. The summed E-state index contributed by atoms with van der Waals surface area (Å²) in [5.74, 6) is -1.21. The van der Waals surface area contributed by atoms with Crippen molar-refractivity contribution in [2.75, 3.05) is 6.54 Å². The van der Waals surface area contributed by atoms with Gasteiger partial charge in [-0.25, -0.2) is 4.79 Å². The summed E-state index contributed by atoms with van der Waals surface area (Å²) in [5, 5.41) is 12.1. The molecule has 2 aromatic carbocycles. The van der Waals surface area contributed by atoms with E-state index in [9.17, 15) is 9.59 Å². The number of carboxylic acids is 1. The third-order valence-corrected chi connectivity index (χ3v) is 3.16. The molecule has 0 aliphatic heterocycles. The van der Waals surface area contributed by atoms with E-state index < -0.39 is 5.97 Å². The third-order valence-electron chi connectivity index (χ3n) is 2.94. The van der Waals surface area contributed by atoms with Crippen molar-refractivity contribution >= 4 is 23.5 Å². The molecule has 0 spiro atoms. The Labute approximate surface area is 127 Å². The van der Waals surface area contributed by atoms with Gasteiger partial charge in [0, 0.05) is 17.1 Å². The molecule has 21 heavy (non-hydrogen) atoms. The zero-order valence-corrected chi connectivity index (χ0v) is 12.1. The Bertz CT molecular complexity index is 698. The zero-order valence-electron chi connectivity index (χ0n) is 11.4. The van der Waals surface area contributed by atoms with Crippen molar-refractivity contribution in [3.63, 3.8) is 0 Å². The van der Waals surface area contributed by atoms with Gasteiger partial charge in [-0.3, -0.25) is 4.79 Å². The van der Waals surface area contributed by atoms with Crippen LogP contribution in [0.15, 0.2) is 42.5 Å². The highest BCUT2D eigenvalue weighted by atomic mass is 35.5. The van der Waals surface area contributed by atoms with Gasteiger partial charge in [-0.1, -0.05) is 23.7 Å². The van der Waals surface area contributed by atoms with Gasteiger partial charge in [0.1, 0.15) is 0 Å². The van der Waals surface area contributed by atoms with E-state index in [-0.39, 0.29) is 11.5 Å². The minimum absolute atomic E-state index is 0.112. The number of halogens is 1. The van der Waals surface area contributed by atoms with Crippen LogP contribution in [0.1, 0.15) is 27.6 Å². The van der Waals surface area contributed by atoms with E-state index in [0.29, 0.717) is 22.7 Å². The monoisotopic (exact) mass is 303 g/mol. The van der Waals surface area contributed by atoms with Crippen molar-refractivity contribution < 1.29 is 14.7 Å². The number of nitrogens with one attached hydrogen (secondary N) is 1. The molecule has 0 atom stereocenters. The first-order valence-corrected chi connectivity index (χ1v) is 6.81. The van der Waals surface area contributed by atoms with E-state index >= 15 is 0 Å². The molecule has 0 fully saturated rings. The summed E-state index contributed by atoms with van der Waals surface area (Å²) >= 11 is 5.95. The Balaban J connectivity index is 2.45. The van der Waals surface area contributed by atoms with Gasteiger partial charge in [0.15, 0.2) is 0 Å². The van der Waals surface area contributed by atoms with Crippen LogP contribution in [-0.4, -0.2) is 23.5 Å². The molecule has 0 saturated heterocycles. The van der Waals surface area contributed by atoms with E-state index in [2.05, 4.69) is 5.32 Å². The molecule has 0 bridgehead atoms. The number of hydrogen-bond acceptors (Lipinski definition) is 2. The normalized spacial score (nSPS) is 10.2. The van der Waals surface area contributed by atoms with Crippen LogP contribution in [0, 0.1) is 0 Å². The van der Waals surface area contributed by atoms with Crippen molar-refractivity contribution in [2.45, 2.75) is 6.92 Å². The molecule has 108 valence electrons. The lowest BCUT2D eigenvalue weighted by Crippen LogP contribution is -2.22. The summed E-state index contributed by atoms with van der Waals surface area (Å²) in [6.07, 6.45) is 0. The van der Waals surface area contributed by atoms with Crippen molar-refractivity contribution in [3.8, 4) is 11.1 Å². The molecule has 5 heteroatoms. The number of rotatable bonds is 4. The predicted molar refractivity (Wildman–Crippen MR) is 81.9 cm³/mol. The Hall–Kier alpha value is -2.33. The second kappa shape index (κ2) is 6.41. The van der Waals surface area contributed by atoms with Crippen LogP contribution in [0.2, 0.25) is 5.02 Å². The summed E-state index contributed by atoms with van der Waals surface area (Å²) in [4.78, 5) is 22.9. The van der Waals surface area contributed by atoms with E-state index in [0.717, 1.165) is 5.56 Å². The molecule has 4 nitrogen and oxygen atoms in total. The molecule has 2 N–H and O–H groups in total. The first-order chi connectivity index (χ1) is 10.0. The highest BCUT2D eigenvalue weighted by molar-refractivity contribution is 6.31. The molecular formula is C16H14ClNO3. The van der Waals surface area contributed by atoms with Gasteiger partial charge in [-0.15, -0.1) is 0 Å². The summed E-state index contributed by atoms with van der Waals surface area (Å²) < 4.78 is 0. The predicted octanol–water partition coefficient (Wildman–Crippen LogP) is 3.45. The maximum absolute atomic E-state index is 11.8. The van der Waals surface area contributed by atoms with Gasteiger partial charge in [0.25, 0.3) is 5.91 Å². The lowest BCUT2D eigenvalue weighted by Gasteiger charge is -2.07. The molecule has 2 rings (SSSR count). The number of carboxylic acid groups (broad SMARTS) is 1. The molecule has 1 amide bonds. The van der Waals surface area contributed by atoms with Crippen molar-refractivity contribution in [2.24, 2.45) is 0 Å². The number of benzene rings is 2. The van der Waals surface area contributed by atoms with Gasteiger partial charge in [-0.05, 0) is 48.4 Å². The van der Waals surface area contributed by atoms with Gasteiger partial charge in [-0.2, -0.15) is 0 Å². The number of hydrogen-bond donors (Lipinski definition) is 2. The van der Waals surface area contributed by atoms with Gasteiger partial charge < -0.3 is 10.4 Å². The quantitative estimate of drug-likeness (QED) is 0.909. The molecule has 2 aromatic rings.